The number of halogens is 2. The van der Waals surface area contributed by atoms with Crippen molar-refractivity contribution in [2.75, 3.05) is 6.01 Å². The van der Waals surface area contributed by atoms with E-state index in [0.29, 0.717) is 30.2 Å². The predicted octanol–water partition coefficient (Wildman–Crippen LogP) is 4.33. The van der Waals surface area contributed by atoms with E-state index in [4.69, 9.17) is 0 Å². The number of hydrogen-bond donors (Lipinski definition) is 1. The molecule has 4 rings (SSSR count). The molecule has 1 N–H and O–H groups in total. The molecule has 3 nitrogen and oxygen atoms in total. The van der Waals surface area contributed by atoms with Gasteiger partial charge in [-0.1, -0.05) is 43.3 Å². The Balaban J connectivity index is 1.80. The second kappa shape index (κ2) is 6.36. The number of ketones is 1. The molecular weight excluding hydrogens is 382 g/mol. The van der Waals surface area contributed by atoms with Crippen molar-refractivity contribution < 1.29 is 23.5 Å². The lowest BCUT2D eigenvalue weighted by atomic mass is 9.51. The number of alkyl halides is 2. The van der Waals surface area contributed by atoms with Crippen LogP contribution in [-0.2, 0) is 9.59 Å². The maximum absolute atomic E-state index is 15.2. The third-order valence-electron chi connectivity index (χ3n) is 8.01. The molecule has 6 heteroatoms. The lowest BCUT2D eigenvalue weighted by Gasteiger charge is -2.54. The number of rotatable bonds is 2. The summed E-state index contributed by atoms with van der Waals surface area (Å²) in [5, 5.41) is 10.9. The van der Waals surface area contributed by atoms with Crippen LogP contribution in [0.3, 0.4) is 0 Å². The first-order valence-electron chi connectivity index (χ1n) is 9.85. The van der Waals surface area contributed by atoms with Gasteiger partial charge in [0, 0.05) is 10.8 Å². The van der Waals surface area contributed by atoms with Gasteiger partial charge in [-0.25, -0.2) is 8.78 Å². The molecule has 7 atom stereocenters. The van der Waals surface area contributed by atoms with Crippen molar-refractivity contribution in [1.29, 1.82) is 0 Å². The van der Waals surface area contributed by atoms with Crippen molar-refractivity contribution in [2.24, 2.45) is 28.6 Å². The Hall–Kier alpha value is -1.27. The smallest absolute Gasteiger partial charge is 0.223 e. The van der Waals surface area contributed by atoms with Gasteiger partial charge in [-0.2, -0.15) is 0 Å². The first kappa shape index (κ1) is 20.0. The molecule has 0 aromatic rings. The summed E-state index contributed by atoms with van der Waals surface area (Å²) in [4.78, 5) is 24.5. The van der Waals surface area contributed by atoms with Gasteiger partial charge in [-0.05, 0) is 61.7 Å². The van der Waals surface area contributed by atoms with E-state index in [0.717, 1.165) is 5.57 Å². The summed E-state index contributed by atoms with van der Waals surface area (Å²) in [6.45, 7) is 5.68. The monoisotopic (exact) mass is 408 g/mol. The van der Waals surface area contributed by atoms with E-state index in [2.05, 4.69) is 0 Å². The second-order valence-corrected chi connectivity index (χ2v) is 10.1. The molecule has 0 bridgehead atoms. The average molecular weight is 409 g/mol. The molecule has 0 spiro atoms. The predicted molar refractivity (Wildman–Crippen MR) is 105 cm³/mol. The molecule has 0 amide bonds. The Morgan fingerprint density at radius 3 is 2.71 bits per heavy atom. The summed E-state index contributed by atoms with van der Waals surface area (Å²) in [5.74, 6) is -0.701. The lowest BCUT2D eigenvalue weighted by molar-refractivity contribution is -0.148. The van der Waals surface area contributed by atoms with Crippen LogP contribution in [0.15, 0.2) is 35.5 Å². The molecule has 0 aliphatic heterocycles. The zero-order valence-corrected chi connectivity index (χ0v) is 17.2. The van der Waals surface area contributed by atoms with E-state index in [1.54, 1.807) is 6.08 Å². The van der Waals surface area contributed by atoms with Crippen molar-refractivity contribution in [2.45, 2.75) is 51.8 Å². The highest BCUT2D eigenvalue weighted by molar-refractivity contribution is 8.13. The zero-order chi connectivity index (χ0) is 20.5. The quantitative estimate of drug-likeness (QED) is 0.691. The summed E-state index contributed by atoms with van der Waals surface area (Å²) in [6.07, 6.45) is 6.85. The second-order valence-electron chi connectivity index (χ2n) is 9.18. The van der Waals surface area contributed by atoms with Gasteiger partial charge in [0.15, 0.2) is 5.78 Å². The van der Waals surface area contributed by atoms with Gasteiger partial charge in [0.1, 0.15) is 17.8 Å². The largest absolute Gasteiger partial charge is 0.380 e. The highest BCUT2D eigenvalue weighted by Crippen LogP contribution is 2.67. The van der Waals surface area contributed by atoms with E-state index >= 15 is 4.39 Å². The third-order valence-corrected chi connectivity index (χ3v) is 8.70. The maximum atomic E-state index is 15.2. The Kier molecular flexibility index (Phi) is 4.55. The molecule has 0 saturated heterocycles. The van der Waals surface area contributed by atoms with Crippen molar-refractivity contribution in [1.82, 2.24) is 0 Å². The summed E-state index contributed by atoms with van der Waals surface area (Å²) < 4.78 is 28.1. The molecule has 152 valence electrons. The van der Waals surface area contributed by atoms with Crippen molar-refractivity contribution in [3.8, 4) is 0 Å². The number of carbonyl (C=O) groups excluding carboxylic acids is 2. The summed E-state index contributed by atoms with van der Waals surface area (Å²) in [7, 11) is 0. The molecule has 28 heavy (non-hydrogen) atoms. The first-order chi connectivity index (χ1) is 13.1. The Morgan fingerprint density at radius 2 is 2.04 bits per heavy atom. The van der Waals surface area contributed by atoms with Crippen LogP contribution in [0.2, 0.25) is 0 Å². The van der Waals surface area contributed by atoms with Crippen LogP contribution < -0.4 is 0 Å². The molecule has 4 aliphatic rings. The summed E-state index contributed by atoms with van der Waals surface area (Å²) in [5.41, 5.74) is -1.43. The highest BCUT2D eigenvalue weighted by Gasteiger charge is 2.67. The van der Waals surface area contributed by atoms with Crippen LogP contribution in [-0.4, -0.2) is 33.8 Å². The number of hydrogen-bond acceptors (Lipinski definition) is 4. The van der Waals surface area contributed by atoms with Crippen LogP contribution in [0.4, 0.5) is 8.78 Å². The van der Waals surface area contributed by atoms with Crippen LogP contribution in [0, 0.1) is 28.6 Å². The normalized spacial score (nSPS) is 47.0. The van der Waals surface area contributed by atoms with Crippen molar-refractivity contribution in [3.05, 3.63) is 35.5 Å². The van der Waals surface area contributed by atoms with Crippen LogP contribution in [0.1, 0.15) is 40.0 Å². The van der Waals surface area contributed by atoms with Gasteiger partial charge in [-0.15, -0.1) is 0 Å². The molecule has 2 fully saturated rings. The number of thioether (sulfide) groups is 1. The van der Waals surface area contributed by atoms with Crippen LogP contribution in [0.25, 0.3) is 0 Å². The average Bonchev–Trinajstić information content (AvgIpc) is 2.85. The fraction of sp³-hybridized carbons (Fsp3) is 0.636. The van der Waals surface area contributed by atoms with Gasteiger partial charge >= 0.3 is 0 Å². The summed E-state index contributed by atoms with van der Waals surface area (Å²) >= 11 is 0.525. The Labute approximate surface area is 168 Å². The standard InChI is InChI=1S/C22H26F2O3S/c1-12-8-16-14-10-18(24)17-9-13(25)4-6-20(17,2)15(14)5-7-21(16,3)22(12,27)19(26)28-11-23/h4-6,9,12,14,16,18,27H,7-8,10-11H2,1-3H3. The minimum absolute atomic E-state index is 0.0701. The molecule has 4 aliphatic carbocycles. The molecule has 0 heterocycles. The Bertz CT molecular complexity index is 834. The fourth-order valence-electron chi connectivity index (χ4n) is 6.47. The van der Waals surface area contributed by atoms with Gasteiger partial charge in [-0.3, -0.25) is 9.59 Å². The van der Waals surface area contributed by atoms with Gasteiger partial charge in [0.05, 0.1) is 0 Å². The van der Waals surface area contributed by atoms with Gasteiger partial charge < -0.3 is 5.11 Å². The molecule has 0 radical (unpaired) electrons. The maximum Gasteiger partial charge on any atom is 0.223 e. The minimum atomic E-state index is -1.63. The van der Waals surface area contributed by atoms with E-state index in [1.807, 2.05) is 26.8 Å². The number of fused-ring (bicyclic) bond motifs is 5. The number of allylic oxidation sites excluding steroid dienone is 6. The summed E-state index contributed by atoms with van der Waals surface area (Å²) in [6, 6.07) is -0.864. The van der Waals surface area contributed by atoms with E-state index in [1.165, 1.54) is 12.2 Å². The molecule has 2 saturated carbocycles. The van der Waals surface area contributed by atoms with E-state index < -0.39 is 33.7 Å². The SMILES string of the molecule is CC1CC2C3CC(F)C4=CC(=O)C=CC4(C)C3=CCC2(C)C1(O)C(=O)SCF. The molecular formula is C22H26F2O3S. The third kappa shape index (κ3) is 2.37. The number of aliphatic hydroxyl groups is 1. The highest BCUT2D eigenvalue weighted by atomic mass is 32.2. The van der Waals surface area contributed by atoms with E-state index in [9.17, 15) is 19.1 Å². The van der Waals surface area contributed by atoms with Gasteiger partial charge in [0.2, 0.25) is 5.12 Å². The topological polar surface area (TPSA) is 54.4 Å². The lowest BCUT2D eigenvalue weighted by Crippen LogP contribution is -2.56. The molecule has 0 aromatic carbocycles. The van der Waals surface area contributed by atoms with Crippen molar-refractivity contribution in [3.63, 3.8) is 0 Å². The minimum Gasteiger partial charge on any atom is -0.380 e. The van der Waals surface area contributed by atoms with E-state index in [-0.39, 0.29) is 30.0 Å². The van der Waals surface area contributed by atoms with Gasteiger partial charge in [0.25, 0.3) is 0 Å². The van der Waals surface area contributed by atoms with Crippen LogP contribution >= 0.6 is 11.8 Å². The Morgan fingerprint density at radius 1 is 1.32 bits per heavy atom. The zero-order valence-electron chi connectivity index (χ0n) is 16.4. The first-order valence-corrected chi connectivity index (χ1v) is 10.8. The number of carbonyl (C=O) groups is 2. The molecule has 7 unspecified atom stereocenters. The fourth-order valence-corrected chi connectivity index (χ4v) is 7.22. The molecule has 0 aromatic heterocycles. The van der Waals surface area contributed by atoms with Crippen LogP contribution in [0.5, 0.6) is 0 Å². The van der Waals surface area contributed by atoms with Crippen molar-refractivity contribution >= 4 is 22.7 Å².